The monoisotopic (exact) mass is 448 g/mol. The first-order valence-electron chi connectivity index (χ1n) is 10.5. The van der Waals surface area contributed by atoms with Gasteiger partial charge in [0.05, 0.1) is 37.2 Å². The van der Waals surface area contributed by atoms with Crippen LogP contribution in [0.3, 0.4) is 0 Å². The molecular weight excluding hydrogens is 424 g/mol. The van der Waals surface area contributed by atoms with Gasteiger partial charge in [0.15, 0.2) is 5.96 Å². The number of esters is 1. The van der Waals surface area contributed by atoms with Gasteiger partial charge in [-0.25, -0.2) is 4.99 Å². The minimum atomic E-state index is -0.423. The van der Waals surface area contributed by atoms with Gasteiger partial charge in [0.1, 0.15) is 11.9 Å². The van der Waals surface area contributed by atoms with E-state index in [4.69, 9.17) is 20.5 Å². The lowest BCUT2D eigenvalue weighted by Crippen LogP contribution is -2.45. The van der Waals surface area contributed by atoms with Gasteiger partial charge in [0.2, 0.25) is 0 Å². The van der Waals surface area contributed by atoms with E-state index in [9.17, 15) is 4.79 Å². The quantitative estimate of drug-likeness (QED) is 0.537. The molecule has 2 unspecified atom stereocenters. The van der Waals surface area contributed by atoms with E-state index < -0.39 is 5.92 Å². The van der Waals surface area contributed by atoms with Crippen LogP contribution in [0.4, 0.5) is 0 Å². The molecule has 3 N–H and O–H groups in total. The molecule has 2 heterocycles. The largest absolute Gasteiger partial charge is 0.487 e. The van der Waals surface area contributed by atoms with E-state index >= 15 is 0 Å². The molecule has 4 rings (SSSR count). The van der Waals surface area contributed by atoms with Crippen LogP contribution >= 0.6 is 11.3 Å². The van der Waals surface area contributed by atoms with Gasteiger partial charge in [-0.15, -0.1) is 11.3 Å². The lowest BCUT2D eigenvalue weighted by atomic mass is 9.94. The lowest BCUT2D eigenvalue weighted by molar-refractivity contribution is -0.144. The zero-order valence-corrected chi connectivity index (χ0v) is 18.5. The van der Waals surface area contributed by atoms with Gasteiger partial charge in [-0.3, -0.25) is 4.79 Å². The normalized spacial score (nSPS) is 16.5. The summed E-state index contributed by atoms with van der Waals surface area (Å²) in [6.07, 6.45) is 0.437. The predicted octanol–water partition coefficient (Wildman–Crippen LogP) is 3.33. The Bertz CT molecular complexity index is 1180. The van der Waals surface area contributed by atoms with Crippen molar-refractivity contribution in [1.29, 1.82) is 5.26 Å². The summed E-state index contributed by atoms with van der Waals surface area (Å²) in [6, 6.07) is 17.4. The summed E-state index contributed by atoms with van der Waals surface area (Å²) >= 11 is 1.63. The zero-order valence-electron chi connectivity index (χ0n) is 17.7. The third-order valence-corrected chi connectivity index (χ3v) is 6.37. The Hall–Kier alpha value is -3.57. The Kier molecular flexibility index (Phi) is 6.57. The number of thiophene rings is 1. The maximum absolute atomic E-state index is 12.8. The predicted molar refractivity (Wildman–Crippen MR) is 125 cm³/mol. The number of rotatable bonds is 7. The standard InChI is InChI=1S/C24H24N4O3S/c1-2-30-23(29)21(11-20-10-17-9-15(12-25)3-8-22(17)32-20)16-4-6-18(7-5-16)31-19-13-27-24(26)28-14-19/h3-10,19,21H,2,11,13-14H2,1H3,(H3,26,27,28). The molecule has 32 heavy (non-hydrogen) atoms. The maximum Gasteiger partial charge on any atom is 0.313 e. The van der Waals surface area contributed by atoms with Gasteiger partial charge < -0.3 is 20.5 Å². The molecule has 2 atom stereocenters. The fourth-order valence-corrected chi connectivity index (χ4v) is 4.73. The van der Waals surface area contributed by atoms with Crippen LogP contribution in [0.2, 0.25) is 0 Å². The minimum Gasteiger partial charge on any atom is -0.487 e. The van der Waals surface area contributed by atoms with Crippen LogP contribution in [-0.2, 0) is 16.0 Å². The highest BCUT2D eigenvalue weighted by molar-refractivity contribution is 7.19. The fourth-order valence-electron chi connectivity index (χ4n) is 3.64. The van der Waals surface area contributed by atoms with E-state index in [-0.39, 0.29) is 12.1 Å². The van der Waals surface area contributed by atoms with E-state index in [2.05, 4.69) is 16.4 Å². The second kappa shape index (κ2) is 9.71. The summed E-state index contributed by atoms with van der Waals surface area (Å²) in [5.41, 5.74) is 7.12. The van der Waals surface area contributed by atoms with Crippen LogP contribution < -0.4 is 15.8 Å². The second-order valence-electron chi connectivity index (χ2n) is 7.50. The number of carbonyl (C=O) groups is 1. The Morgan fingerprint density at radius 2 is 2.12 bits per heavy atom. The van der Waals surface area contributed by atoms with Gasteiger partial charge in [0, 0.05) is 9.58 Å². The highest BCUT2D eigenvalue weighted by Gasteiger charge is 2.24. The molecule has 0 spiro atoms. The number of nitrogens with zero attached hydrogens (tertiary/aromatic N) is 2. The molecule has 0 fully saturated rings. The lowest BCUT2D eigenvalue weighted by Gasteiger charge is -2.22. The van der Waals surface area contributed by atoms with Crippen molar-refractivity contribution in [2.24, 2.45) is 10.7 Å². The van der Waals surface area contributed by atoms with E-state index in [0.717, 1.165) is 20.5 Å². The number of nitrogens with one attached hydrogen (secondary N) is 1. The summed E-state index contributed by atoms with van der Waals surface area (Å²) in [5, 5.41) is 13.1. The summed E-state index contributed by atoms with van der Waals surface area (Å²) in [4.78, 5) is 18.0. The highest BCUT2D eigenvalue weighted by atomic mass is 32.1. The first-order valence-corrected chi connectivity index (χ1v) is 11.3. The number of hydrogen-bond acceptors (Lipinski definition) is 8. The van der Waals surface area contributed by atoms with Gasteiger partial charge in [-0.2, -0.15) is 5.26 Å². The van der Waals surface area contributed by atoms with Crippen LogP contribution in [0, 0.1) is 11.3 Å². The molecule has 8 heteroatoms. The number of fused-ring (bicyclic) bond motifs is 1. The topological polar surface area (TPSA) is 110 Å². The highest BCUT2D eigenvalue weighted by Crippen LogP contribution is 2.32. The third-order valence-electron chi connectivity index (χ3n) is 5.23. The number of nitrogens with two attached hydrogens (primary N) is 1. The number of carbonyl (C=O) groups excluding carboxylic acids is 1. The molecule has 3 aromatic rings. The van der Waals surface area contributed by atoms with Gasteiger partial charge in [0.25, 0.3) is 0 Å². The summed E-state index contributed by atoms with van der Waals surface area (Å²) in [7, 11) is 0. The number of hydrogen-bond donors (Lipinski definition) is 2. The number of aliphatic imine (C=N–C) groups is 1. The fraction of sp³-hybridized carbons (Fsp3) is 0.292. The molecule has 0 amide bonds. The number of benzene rings is 2. The van der Waals surface area contributed by atoms with Crippen molar-refractivity contribution >= 4 is 33.4 Å². The average molecular weight is 449 g/mol. The molecule has 0 radical (unpaired) electrons. The average Bonchev–Trinajstić information content (AvgIpc) is 3.21. The molecule has 0 bridgehead atoms. The number of ether oxygens (including phenoxy) is 2. The summed E-state index contributed by atoms with van der Waals surface area (Å²) in [6.45, 7) is 3.24. The van der Waals surface area contributed by atoms with Gasteiger partial charge in [-0.1, -0.05) is 12.1 Å². The molecular formula is C24H24N4O3S. The molecule has 0 saturated carbocycles. The second-order valence-corrected chi connectivity index (χ2v) is 8.67. The zero-order chi connectivity index (χ0) is 22.5. The van der Waals surface area contributed by atoms with Crippen molar-refractivity contribution in [2.75, 3.05) is 19.7 Å². The Morgan fingerprint density at radius 3 is 2.81 bits per heavy atom. The molecule has 7 nitrogen and oxygen atoms in total. The first-order chi connectivity index (χ1) is 15.6. The van der Waals surface area contributed by atoms with Crippen LogP contribution in [0.1, 0.15) is 28.8 Å². The van der Waals surface area contributed by atoms with Gasteiger partial charge in [-0.05, 0) is 60.7 Å². The van der Waals surface area contributed by atoms with Crippen LogP contribution in [-0.4, -0.2) is 37.7 Å². The molecule has 2 aromatic carbocycles. The molecule has 0 saturated heterocycles. The van der Waals surface area contributed by atoms with Crippen LogP contribution in [0.5, 0.6) is 5.75 Å². The van der Waals surface area contributed by atoms with E-state index in [1.807, 2.05) is 55.5 Å². The van der Waals surface area contributed by atoms with Crippen molar-refractivity contribution in [1.82, 2.24) is 5.32 Å². The summed E-state index contributed by atoms with van der Waals surface area (Å²) in [5.74, 6) is 0.471. The Morgan fingerprint density at radius 1 is 1.31 bits per heavy atom. The van der Waals surface area contributed by atoms with Crippen LogP contribution in [0.15, 0.2) is 53.5 Å². The SMILES string of the molecule is CCOC(=O)C(Cc1cc2cc(C#N)ccc2s1)c1ccc(OC2CN=C(N)NC2)cc1. The first kappa shape index (κ1) is 21.7. The summed E-state index contributed by atoms with van der Waals surface area (Å²) < 4.78 is 12.4. The molecule has 164 valence electrons. The van der Waals surface area contributed by atoms with Crippen molar-refractivity contribution in [3.8, 4) is 11.8 Å². The van der Waals surface area contributed by atoms with Crippen LogP contribution in [0.25, 0.3) is 10.1 Å². The molecule has 1 aliphatic rings. The van der Waals surface area contributed by atoms with Crippen molar-refractivity contribution in [3.63, 3.8) is 0 Å². The van der Waals surface area contributed by atoms with Crippen molar-refractivity contribution in [3.05, 3.63) is 64.5 Å². The minimum absolute atomic E-state index is 0.0918. The number of guanidine groups is 1. The molecule has 1 aromatic heterocycles. The Labute approximate surface area is 190 Å². The van der Waals surface area contributed by atoms with E-state index in [1.54, 1.807) is 11.3 Å². The maximum atomic E-state index is 12.8. The van der Waals surface area contributed by atoms with Crippen molar-refractivity contribution in [2.45, 2.75) is 25.4 Å². The molecule has 0 aliphatic carbocycles. The Balaban J connectivity index is 1.52. The van der Waals surface area contributed by atoms with Crippen molar-refractivity contribution < 1.29 is 14.3 Å². The van der Waals surface area contributed by atoms with E-state index in [0.29, 0.717) is 43.4 Å². The van der Waals surface area contributed by atoms with E-state index in [1.165, 1.54) is 0 Å². The smallest absolute Gasteiger partial charge is 0.313 e. The van der Waals surface area contributed by atoms with Gasteiger partial charge >= 0.3 is 5.97 Å². The number of nitriles is 1. The molecule has 1 aliphatic heterocycles. The third kappa shape index (κ3) is 5.01.